The summed E-state index contributed by atoms with van der Waals surface area (Å²) in [6.07, 6.45) is 0. The van der Waals surface area contributed by atoms with Gasteiger partial charge < -0.3 is 15.4 Å². The van der Waals surface area contributed by atoms with Gasteiger partial charge in [-0.05, 0) is 67.6 Å². The highest BCUT2D eigenvalue weighted by Crippen LogP contribution is 2.26. The Morgan fingerprint density at radius 1 is 0.848 bits per heavy atom. The molecule has 0 fully saturated rings. The molecule has 0 aromatic heterocycles. The second kappa shape index (κ2) is 10.2. The molecule has 0 aliphatic rings. The Bertz CT molecular complexity index is 1220. The molecular weight excluding hydrogens is 442 g/mol. The van der Waals surface area contributed by atoms with Crippen LogP contribution in [0.3, 0.4) is 0 Å². The fourth-order valence-electron chi connectivity index (χ4n) is 3.07. The Hall–Kier alpha value is -3.85. The van der Waals surface area contributed by atoms with Gasteiger partial charge >= 0.3 is 0 Å². The van der Waals surface area contributed by atoms with Crippen molar-refractivity contribution in [1.82, 2.24) is 0 Å². The maximum Gasteiger partial charge on any atom is 0.264 e. The molecule has 33 heavy (non-hydrogen) atoms. The molecular formula is C24H25N3O5S. The number of sulfonamides is 1. The van der Waals surface area contributed by atoms with E-state index in [1.807, 2.05) is 19.1 Å². The Kier molecular flexibility index (Phi) is 7.34. The zero-order chi connectivity index (χ0) is 24.0. The lowest BCUT2D eigenvalue weighted by Crippen LogP contribution is -2.38. The number of anilines is 3. The number of benzene rings is 3. The predicted octanol–water partition coefficient (Wildman–Crippen LogP) is 3.80. The summed E-state index contributed by atoms with van der Waals surface area (Å²) in [6, 6.07) is 19.3. The van der Waals surface area contributed by atoms with Gasteiger partial charge in [0.2, 0.25) is 11.8 Å². The zero-order valence-electron chi connectivity index (χ0n) is 18.5. The molecule has 0 unspecified atom stereocenters. The molecule has 0 spiro atoms. The maximum atomic E-state index is 13.5. The standard InChI is InChI=1S/C24H25N3O5S/c1-17-4-6-20(7-5-17)26-24(29)16-27(21-10-12-22(32-3)13-11-21)33(30,31)23-14-8-19(9-15-23)25-18(2)28/h4-15H,16H2,1-3H3,(H,25,28)(H,26,29). The molecule has 3 aromatic carbocycles. The average Bonchev–Trinajstić information content (AvgIpc) is 2.79. The first kappa shape index (κ1) is 23.8. The van der Waals surface area contributed by atoms with Crippen LogP contribution in [0, 0.1) is 6.92 Å². The van der Waals surface area contributed by atoms with E-state index < -0.39 is 22.5 Å². The van der Waals surface area contributed by atoms with E-state index in [9.17, 15) is 18.0 Å². The Labute approximate surface area is 193 Å². The van der Waals surface area contributed by atoms with Crippen molar-refractivity contribution in [2.24, 2.45) is 0 Å². The smallest absolute Gasteiger partial charge is 0.264 e. The van der Waals surface area contributed by atoms with Crippen molar-refractivity contribution in [2.45, 2.75) is 18.7 Å². The Balaban J connectivity index is 1.92. The van der Waals surface area contributed by atoms with Crippen molar-refractivity contribution >= 4 is 38.9 Å². The van der Waals surface area contributed by atoms with E-state index in [-0.39, 0.29) is 10.8 Å². The monoisotopic (exact) mass is 467 g/mol. The number of amides is 2. The lowest BCUT2D eigenvalue weighted by atomic mass is 10.2. The summed E-state index contributed by atoms with van der Waals surface area (Å²) in [5.74, 6) is -0.203. The van der Waals surface area contributed by atoms with Crippen LogP contribution in [-0.2, 0) is 19.6 Å². The van der Waals surface area contributed by atoms with E-state index in [1.165, 1.54) is 38.3 Å². The number of carbonyl (C=O) groups excluding carboxylic acids is 2. The van der Waals surface area contributed by atoms with E-state index in [2.05, 4.69) is 10.6 Å². The molecule has 2 amide bonds. The number of aryl methyl sites for hydroxylation is 1. The van der Waals surface area contributed by atoms with Gasteiger partial charge in [-0.25, -0.2) is 8.42 Å². The molecule has 3 aromatic rings. The SMILES string of the molecule is COc1ccc(N(CC(=O)Nc2ccc(C)cc2)S(=O)(=O)c2ccc(NC(C)=O)cc2)cc1. The van der Waals surface area contributed by atoms with E-state index >= 15 is 0 Å². The first-order valence-electron chi connectivity index (χ1n) is 10.1. The highest BCUT2D eigenvalue weighted by molar-refractivity contribution is 7.92. The quantitative estimate of drug-likeness (QED) is 0.524. The molecule has 0 saturated heterocycles. The Morgan fingerprint density at radius 2 is 1.39 bits per heavy atom. The Morgan fingerprint density at radius 3 is 1.94 bits per heavy atom. The van der Waals surface area contributed by atoms with Crippen molar-refractivity contribution in [3.8, 4) is 5.75 Å². The van der Waals surface area contributed by atoms with Gasteiger partial charge in [-0.1, -0.05) is 17.7 Å². The summed E-state index contributed by atoms with van der Waals surface area (Å²) in [5.41, 5.74) is 2.38. The minimum absolute atomic E-state index is 0.0180. The van der Waals surface area contributed by atoms with Crippen LogP contribution < -0.4 is 19.7 Å². The number of nitrogens with one attached hydrogen (secondary N) is 2. The number of methoxy groups -OCH3 is 1. The lowest BCUT2D eigenvalue weighted by Gasteiger charge is -2.24. The average molecular weight is 468 g/mol. The minimum Gasteiger partial charge on any atom is -0.497 e. The largest absolute Gasteiger partial charge is 0.497 e. The number of hydrogen-bond donors (Lipinski definition) is 2. The van der Waals surface area contributed by atoms with Gasteiger partial charge in [-0.3, -0.25) is 13.9 Å². The first-order chi connectivity index (χ1) is 15.7. The van der Waals surface area contributed by atoms with Gasteiger partial charge in [0.05, 0.1) is 17.7 Å². The van der Waals surface area contributed by atoms with Crippen LogP contribution in [0.25, 0.3) is 0 Å². The summed E-state index contributed by atoms with van der Waals surface area (Å²) in [6.45, 7) is 2.86. The summed E-state index contributed by atoms with van der Waals surface area (Å²) >= 11 is 0. The van der Waals surface area contributed by atoms with Crippen LogP contribution in [0.4, 0.5) is 17.1 Å². The van der Waals surface area contributed by atoms with Gasteiger partial charge in [-0.15, -0.1) is 0 Å². The molecule has 172 valence electrons. The van der Waals surface area contributed by atoms with Gasteiger partial charge in [-0.2, -0.15) is 0 Å². The molecule has 0 aliphatic heterocycles. The normalized spacial score (nSPS) is 10.9. The van der Waals surface area contributed by atoms with Crippen LogP contribution >= 0.6 is 0 Å². The van der Waals surface area contributed by atoms with Crippen LogP contribution in [0.2, 0.25) is 0 Å². The molecule has 0 saturated carbocycles. The first-order valence-corrected chi connectivity index (χ1v) is 11.5. The highest BCUT2D eigenvalue weighted by atomic mass is 32.2. The second-order valence-corrected chi connectivity index (χ2v) is 9.19. The molecule has 0 radical (unpaired) electrons. The molecule has 0 atom stereocenters. The molecule has 0 aliphatic carbocycles. The van der Waals surface area contributed by atoms with Gasteiger partial charge in [0.1, 0.15) is 12.3 Å². The molecule has 2 N–H and O–H groups in total. The number of carbonyl (C=O) groups is 2. The molecule has 3 rings (SSSR count). The third-order valence-corrected chi connectivity index (χ3v) is 6.53. The maximum absolute atomic E-state index is 13.5. The molecule has 9 heteroatoms. The lowest BCUT2D eigenvalue weighted by molar-refractivity contribution is -0.115. The zero-order valence-corrected chi connectivity index (χ0v) is 19.3. The number of rotatable bonds is 8. The highest BCUT2D eigenvalue weighted by Gasteiger charge is 2.27. The van der Waals surface area contributed by atoms with Crippen molar-refractivity contribution in [2.75, 3.05) is 28.6 Å². The van der Waals surface area contributed by atoms with Gasteiger partial charge in [0.15, 0.2) is 0 Å². The summed E-state index contributed by atoms with van der Waals surface area (Å²) < 4.78 is 33.1. The van der Waals surface area contributed by atoms with Crippen LogP contribution in [0.5, 0.6) is 5.75 Å². The second-order valence-electron chi connectivity index (χ2n) is 7.33. The van der Waals surface area contributed by atoms with Gasteiger partial charge in [0.25, 0.3) is 10.0 Å². The molecule has 0 bridgehead atoms. The fourth-order valence-corrected chi connectivity index (χ4v) is 4.49. The number of ether oxygens (including phenoxy) is 1. The summed E-state index contributed by atoms with van der Waals surface area (Å²) in [4.78, 5) is 24.0. The van der Waals surface area contributed by atoms with E-state index in [4.69, 9.17) is 4.74 Å². The van der Waals surface area contributed by atoms with E-state index in [0.717, 1.165) is 9.87 Å². The number of hydrogen-bond acceptors (Lipinski definition) is 5. The van der Waals surface area contributed by atoms with Crippen LogP contribution in [0.15, 0.2) is 77.7 Å². The molecule has 0 heterocycles. The van der Waals surface area contributed by atoms with E-state index in [0.29, 0.717) is 22.8 Å². The van der Waals surface area contributed by atoms with Crippen molar-refractivity contribution in [3.63, 3.8) is 0 Å². The summed E-state index contributed by atoms with van der Waals surface area (Å²) in [7, 11) is -2.58. The van der Waals surface area contributed by atoms with Crippen molar-refractivity contribution < 1.29 is 22.7 Å². The third-order valence-electron chi connectivity index (χ3n) is 4.75. The minimum atomic E-state index is -4.09. The number of nitrogens with zero attached hydrogens (tertiary/aromatic N) is 1. The molecule has 8 nitrogen and oxygen atoms in total. The summed E-state index contributed by atoms with van der Waals surface area (Å²) in [5, 5.41) is 5.32. The topological polar surface area (TPSA) is 105 Å². The fraction of sp³-hybridized carbons (Fsp3) is 0.167. The van der Waals surface area contributed by atoms with Crippen molar-refractivity contribution in [3.05, 3.63) is 78.4 Å². The predicted molar refractivity (Wildman–Crippen MR) is 128 cm³/mol. The van der Waals surface area contributed by atoms with Gasteiger partial charge in [0, 0.05) is 18.3 Å². The van der Waals surface area contributed by atoms with Crippen molar-refractivity contribution in [1.29, 1.82) is 0 Å². The van der Waals surface area contributed by atoms with Crippen LogP contribution in [-0.4, -0.2) is 33.9 Å². The third kappa shape index (κ3) is 6.11. The van der Waals surface area contributed by atoms with E-state index in [1.54, 1.807) is 36.4 Å². The van der Waals surface area contributed by atoms with Crippen LogP contribution in [0.1, 0.15) is 12.5 Å².